The average Bonchev–Trinajstić information content (AvgIpc) is 3.62. The van der Waals surface area contributed by atoms with Gasteiger partial charge in [0, 0.05) is 34.0 Å². The van der Waals surface area contributed by atoms with E-state index in [9.17, 15) is 0 Å². The molecule has 0 saturated heterocycles. The third-order valence-corrected chi connectivity index (χ3v) is 7.49. The first-order chi connectivity index (χ1) is 18.3. The van der Waals surface area contributed by atoms with Crippen molar-refractivity contribution in [3.63, 3.8) is 0 Å². The summed E-state index contributed by atoms with van der Waals surface area (Å²) in [7, 11) is 0. The number of aromatic nitrogens is 3. The Bertz CT molecular complexity index is 2120. The van der Waals surface area contributed by atoms with Crippen molar-refractivity contribution >= 4 is 54.8 Å². The summed E-state index contributed by atoms with van der Waals surface area (Å²) < 4.78 is 11.0. The second-order valence-corrected chi connectivity index (χ2v) is 9.51. The van der Waals surface area contributed by atoms with Crippen LogP contribution in [0, 0.1) is 0 Å². The summed E-state index contributed by atoms with van der Waals surface area (Å²) in [4.78, 5) is 4.86. The highest BCUT2D eigenvalue weighted by atomic mass is 16.3. The van der Waals surface area contributed by atoms with E-state index in [2.05, 4.69) is 107 Å². The molecule has 0 amide bonds. The lowest BCUT2D eigenvalue weighted by Crippen LogP contribution is -2.01. The van der Waals surface area contributed by atoms with Crippen LogP contribution in [0.15, 0.2) is 114 Å². The molecule has 5 aromatic carbocycles. The van der Waals surface area contributed by atoms with Crippen LogP contribution < -0.4 is 0 Å². The summed E-state index contributed by atoms with van der Waals surface area (Å²) >= 11 is 0. The molecule has 0 atom stereocenters. The van der Waals surface area contributed by atoms with Crippen molar-refractivity contribution in [2.75, 3.05) is 0 Å². The monoisotopic (exact) mass is 477 g/mol. The predicted octanol–water partition coefficient (Wildman–Crippen LogP) is 8.58. The molecule has 0 aliphatic heterocycles. The first kappa shape index (κ1) is 20.4. The van der Waals surface area contributed by atoms with E-state index >= 15 is 0 Å². The number of imidazole rings is 1. The number of benzene rings is 5. The summed E-state index contributed by atoms with van der Waals surface area (Å²) in [5.74, 6) is 1.07. The number of rotatable bonds is 3. The Morgan fingerprint density at radius 2 is 1.27 bits per heavy atom. The Kier molecular flexibility index (Phi) is 4.17. The fourth-order valence-corrected chi connectivity index (χ4v) is 5.87. The fraction of sp³-hybridized carbons (Fsp3) is 0.0606. The SMILES string of the molecule is CCc1nc2ccccc2n1-c1ccc(-n2c3ccccc3c3c4oc5ccccc5c4ccc32)cc1. The molecule has 4 heteroatoms. The highest BCUT2D eigenvalue weighted by Gasteiger charge is 2.18. The lowest BCUT2D eigenvalue weighted by molar-refractivity contribution is 0.673. The Morgan fingerprint density at radius 1 is 0.595 bits per heavy atom. The van der Waals surface area contributed by atoms with Gasteiger partial charge in [-0.1, -0.05) is 55.5 Å². The maximum Gasteiger partial charge on any atom is 0.145 e. The molecule has 0 saturated carbocycles. The molecule has 4 nitrogen and oxygen atoms in total. The van der Waals surface area contributed by atoms with Gasteiger partial charge in [0.25, 0.3) is 0 Å². The maximum atomic E-state index is 6.43. The van der Waals surface area contributed by atoms with Crippen LogP contribution in [-0.2, 0) is 6.42 Å². The third kappa shape index (κ3) is 2.81. The Hall–Kier alpha value is -4.83. The molecule has 176 valence electrons. The summed E-state index contributed by atoms with van der Waals surface area (Å²) in [5, 5.41) is 4.66. The smallest absolute Gasteiger partial charge is 0.145 e. The second-order valence-electron chi connectivity index (χ2n) is 9.51. The Labute approximate surface area is 213 Å². The minimum absolute atomic E-state index is 0.872. The molecule has 8 aromatic rings. The lowest BCUT2D eigenvalue weighted by Gasteiger charge is -2.12. The first-order valence-corrected chi connectivity index (χ1v) is 12.7. The van der Waals surface area contributed by atoms with E-state index in [1.54, 1.807) is 0 Å². The molecule has 0 radical (unpaired) electrons. The number of hydrogen-bond acceptors (Lipinski definition) is 2. The van der Waals surface area contributed by atoms with Crippen LogP contribution in [-0.4, -0.2) is 14.1 Å². The van der Waals surface area contributed by atoms with Gasteiger partial charge in [0.2, 0.25) is 0 Å². The van der Waals surface area contributed by atoms with Gasteiger partial charge in [-0.2, -0.15) is 0 Å². The summed E-state index contributed by atoms with van der Waals surface area (Å²) in [6, 6.07) is 38.4. The highest BCUT2D eigenvalue weighted by Crippen LogP contribution is 2.40. The van der Waals surface area contributed by atoms with Crippen molar-refractivity contribution in [2.45, 2.75) is 13.3 Å². The van der Waals surface area contributed by atoms with Gasteiger partial charge in [0.05, 0.1) is 27.5 Å². The minimum atomic E-state index is 0.872. The van der Waals surface area contributed by atoms with Gasteiger partial charge in [-0.3, -0.25) is 4.57 Å². The van der Waals surface area contributed by atoms with Crippen LogP contribution >= 0.6 is 0 Å². The van der Waals surface area contributed by atoms with Gasteiger partial charge < -0.3 is 8.98 Å². The van der Waals surface area contributed by atoms with Gasteiger partial charge in [-0.25, -0.2) is 4.98 Å². The second kappa shape index (κ2) is 7.58. The predicted molar refractivity (Wildman–Crippen MR) is 152 cm³/mol. The summed E-state index contributed by atoms with van der Waals surface area (Å²) in [5.41, 5.74) is 8.58. The fourth-order valence-electron chi connectivity index (χ4n) is 5.87. The highest BCUT2D eigenvalue weighted by molar-refractivity contribution is 6.23. The zero-order valence-electron chi connectivity index (χ0n) is 20.3. The first-order valence-electron chi connectivity index (χ1n) is 12.7. The molecule has 37 heavy (non-hydrogen) atoms. The molecular formula is C33H23N3O. The van der Waals surface area contributed by atoms with Gasteiger partial charge in [-0.15, -0.1) is 0 Å². The molecule has 3 heterocycles. The van der Waals surface area contributed by atoms with Crippen molar-refractivity contribution in [2.24, 2.45) is 0 Å². The Morgan fingerprint density at radius 3 is 2.08 bits per heavy atom. The summed E-state index contributed by atoms with van der Waals surface area (Å²) in [6.07, 6.45) is 0.872. The van der Waals surface area contributed by atoms with Crippen molar-refractivity contribution in [1.29, 1.82) is 0 Å². The Balaban J connectivity index is 1.37. The largest absolute Gasteiger partial charge is 0.455 e. The van der Waals surface area contributed by atoms with Crippen molar-refractivity contribution < 1.29 is 4.42 Å². The number of nitrogens with zero attached hydrogens (tertiary/aromatic N) is 3. The average molecular weight is 478 g/mol. The van der Waals surface area contributed by atoms with Crippen molar-refractivity contribution in [3.8, 4) is 11.4 Å². The van der Waals surface area contributed by atoms with Crippen LogP contribution in [0.1, 0.15) is 12.7 Å². The van der Waals surface area contributed by atoms with Crippen LogP contribution in [0.2, 0.25) is 0 Å². The molecule has 0 aliphatic rings. The van der Waals surface area contributed by atoms with Crippen molar-refractivity contribution in [1.82, 2.24) is 14.1 Å². The molecular weight excluding hydrogens is 454 g/mol. The van der Waals surface area contributed by atoms with Crippen LogP contribution in [0.3, 0.4) is 0 Å². The maximum absolute atomic E-state index is 6.43. The number of hydrogen-bond donors (Lipinski definition) is 0. The molecule has 0 aliphatic carbocycles. The van der Waals surface area contributed by atoms with E-state index in [1.807, 2.05) is 18.2 Å². The lowest BCUT2D eigenvalue weighted by atomic mass is 10.1. The molecule has 0 bridgehead atoms. The zero-order chi connectivity index (χ0) is 24.5. The van der Waals surface area contributed by atoms with Gasteiger partial charge in [0.15, 0.2) is 0 Å². The van der Waals surface area contributed by atoms with E-state index in [-0.39, 0.29) is 0 Å². The number of aryl methyl sites for hydroxylation is 1. The van der Waals surface area contributed by atoms with Gasteiger partial charge >= 0.3 is 0 Å². The van der Waals surface area contributed by atoms with Gasteiger partial charge in [-0.05, 0) is 60.7 Å². The number of furan rings is 1. The van der Waals surface area contributed by atoms with Gasteiger partial charge in [0.1, 0.15) is 17.0 Å². The van der Waals surface area contributed by atoms with E-state index in [4.69, 9.17) is 9.40 Å². The van der Waals surface area contributed by atoms with Crippen LogP contribution in [0.25, 0.3) is 66.2 Å². The number of para-hydroxylation sites is 4. The topological polar surface area (TPSA) is 35.9 Å². The van der Waals surface area contributed by atoms with Crippen LogP contribution in [0.4, 0.5) is 0 Å². The third-order valence-electron chi connectivity index (χ3n) is 7.49. The van der Waals surface area contributed by atoms with E-state index < -0.39 is 0 Å². The molecule has 3 aromatic heterocycles. The van der Waals surface area contributed by atoms with Crippen molar-refractivity contribution in [3.05, 3.63) is 115 Å². The molecule has 0 spiro atoms. The van der Waals surface area contributed by atoms with E-state index in [0.29, 0.717) is 0 Å². The van der Waals surface area contributed by atoms with E-state index in [1.165, 1.54) is 10.9 Å². The molecule has 8 rings (SSSR count). The molecule has 0 fully saturated rings. The summed E-state index contributed by atoms with van der Waals surface area (Å²) in [6.45, 7) is 2.16. The van der Waals surface area contributed by atoms with Crippen LogP contribution in [0.5, 0.6) is 0 Å². The quantitative estimate of drug-likeness (QED) is 0.255. The standard InChI is InChI=1S/C33H23N3O/c1-2-31-34-26-11-5-7-13-28(26)36(31)22-17-15-21(16-18-22)35-27-12-6-3-10-25(27)32-29(35)20-19-24-23-9-4-8-14-30(23)37-33(24)32/h3-20H,2H2,1H3. The normalized spacial score (nSPS) is 12.0. The molecule has 0 unspecified atom stereocenters. The minimum Gasteiger partial charge on any atom is -0.455 e. The number of fused-ring (bicyclic) bond motifs is 8. The zero-order valence-corrected chi connectivity index (χ0v) is 20.3. The molecule has 0 N–H and O–H groups in total. The van der Waals surface area contributed by atoms with E-state index in [0.717, 1.165) is 67.5 Å².